The first-order valence-corrected chi connectivity index (χ1v) is 10.7. The average molecular weight is 526 g/mol. The van der Waals surface area contributed by atoms with E-state index >= 15 is 0 Å². The van der Waals surface area contributed by atoms with Gasteiger partial charge in [-0.3, -0.25) is 14.5 Å². The molecule has 1 saturated heterocycles. The summed E-state index contributed by atoms with van der Waals surface area (Å²) in [6.45, 7) is 1.90. The number of rotatable bonds is 6. The Bertz CT molecular complexity index is 1070. The van der Waals surface area contributed by atoms with E-state index in [9.17, 15) is 14.7 Å². The highest BCUT2D eigenvalue weighted by Gasteiger charge is 2.40. The van der Waals surface area contributed by atoms with E-state index in [0.717, 1.165) is 0 Å². The zero-order chi connectivity index (χ0) is 22.7. The summed E-state index contributed by atoms with van der Waals surface area (Å²) in [5.41, 5.74) is 1.25. The van der Waals surface area contributed by atoms with Gasteiger partial charge in [0.2, 0.25) is 0 Å². The van der Waals surface area contributed by atoms with Crippen LogP contribution in [0.3, 0.4) is 0 Å². The molecule has 10 heteroatoms. The minimum absolute atomic E-state index is 0.0496. The maximum atomic E-state index is 13.3. The van der Waals surface area contributed by atoms with E-state index in [1.807, 2.05) is 0 Å². The van der Waals surface area contributed by atoms with Gasteiger partial charge in [-0.1, -0.05) is 11.6 Å². The van der Waals surface area contributed by atoms with Crippen molar-refractivity contribution < 1.29 is 24.2 Å². The molecule has 1 fully saturated rings. The van der Waals surface area contributed by atoms with Crippen molar-refractivity contribution in [3.63, 3.8) is 0 Å². The van der Waals surface area contributed by atoms with Gasteiger partial charge in [0.1, 0.15) is 12.2 Å². The number of halogens is 2. The van der Waals surface area contributed by atoms with Crippen LogP contribution in [0.2, 0.25) is 5.02 Å². The van der Waals surface area contributed by atoms with E-state index in [-0.39, 0.29) is 28.9 Å². The highest BCUT2D eigenvalue weighted by molar-refractivity contribution is 9.10. The molecule has 2 aromatic rings. The number of amides is 1. The molecule has 0 spiro atoms. The van der Waals surface area contributed by atoms with Crippen LogP contribution in [0.25, 0.3) is 6.08 Å². The van der Waals surface area contributed by atoms with Crippen molar-refractivity contribution in [2.45, 2.75) is 6.92 Å². The van der Waals surface area contributed by atoms with Crippen LogP contribution < -0.4 is 9.64 Å². The van der Waals surface area contributed by atoms with Crippen LogP contribution in [0.4, 0.5) is 5.69 Å². The molecule has 1 aliphatic rings. The number of hydrogen-bond acceptors (Lipinski definition) is 6. The molecule has 0 unspecified atom stereocenters. The number of ether oxygens (including phenoxy) is 2. The van der Waals surface area contributed by atoms with Crippen molar-refractivity contribution in [2.75, 3.05) is 25.2 Å². The van der Waals surface area contributed by atoms with E-state index in [4.69, 9.17) is 33.3 Å². The highest BCUT2D eigenvalue weighted by Crippen LogP contribution is 2.37. The van der Waals surface area contributed by atoms with Crippen molar-refractivity contribution in [1.29, 1.82) is 0 Å². The molecule has 2 aromatic carbocycles. The zero-order valence-corrected chi connectivity index (χ0v) is 19.8. The third-order valence-electron chi connectivity index (χ3n) is 4.39. The second kappa shape index (κ2) is 9.67. The summed E-state index contributed by atoms with van der Waals surface area (Å²) in [5.74, 6) is -0.767. The minimum atomic E-state index is -0.555. The smallest absolute Gasteiger partial charge is 0.325 e. The summed E-state index contributed by atoms with van der Waals surface area (Å²) < 4.78 is 10.6. The van der Waals surface area contributed by atoms with Gasteiger partial charge in [-0.05, 0) is 83.1 Å². The number of benzene rings is 2. The van der Waals surface area contributed by atoms with Crippen LogP contribution in [0.5, 0.6) is 11.5 Å². The lowest BCUT2D eigenvalue weighted by atomic mass is 10.1. The molecule has 3 rings (SSSR count). The second-order valence-electron chi connectivity index (χ2n) is 6.37. The lowest BCUT2D eigenvalue weighted by molar-refractivity contribution is -0.140. The van der Waals surface area contributed by atoms with Gasteiger partial charge in [-0.25, -0.2) is 0 Å². The molecule has 0 aromatic heterocycles. The molecule has 0 bridgehead atoms. The van der Waals surface area contributed by atoms with E-state index < -0.39 is 11.9 Å². The van der Waals surface area contributed by atoms with Crippen molar-refractivity contribution in [3.05, 3.63) is 57.2 Å². The van der Waals surface area contributed by atoms with Crippen LogP contribution >= 0.6 is 39.7 Å². The van der Waals surface area contributed by atoms with Gasteiger partial charge in [-0.2, -0.15) is 0 Å². The molecular weight excluding hydrogens is 508 g/mol. The van der Waals surface area contributed by atoms with Crippen LogP contribution in [0, 0.1) is 0 Å². The third-order valence-corrected chi connectivity index (χ3v) is 5.65. The van der Waals surface area contributed by atoms with E-state index in [1.54, 1.807) is 49.4 Å². The number of phenolic OH excluding ortho intramolecular Hbond substituents is 1. The van der Waals surface area contributed by atoms with Gasteiger partial charge in [0, 0.05) is 5.02 Å². The number of anilines is 1. The quantitative estimate of drug-likeness (QED) is 0.341. The fourth-order valence-electron chi connectivity index (χ4n) is 2.95. The molecule has 7 nitrogen and oxygen atoms in total. The molecule has 0 aliphatic carbocycles. The van der Waals surface area contributed by atoms with E-state index in [0.29, 0.717) is 27.4 Å². The van der Waals surface area contributed by atoms with Crippen molar-refractivity contribution >= 4 is 68.5 Å². The number of aromatic hydroxyl groups is 1. The Morgan fingerprint density at radius 3 is 2.58 bits per heavy atom. The summed E-state index contributed by atoms with van der Waals surface area (Å²) in [6, 6.07) is 9.83. The summed E-state index contributed by atoms with van der Waals surface area (Å²) in [7, 11) is 1.26. The number of nitrogens with zero attached hydrogens (tertiary/aromatic N) is 2. The largest absolute Gasteiger partial charge is 0.503 e. The number of esters is 1. The monoisotopic (exact) mass is 524 g/mol. The molecule has 1 heterocycles. The molecular formula is C21H18BrClN2O5S. The summed E-state index contributed by atoms with van der Waals surface area (Å²) in [4.78, 5) is 28.0. The number of carbonyl (C=O) groups excluding carboxylic acids is 2. The molecule has 31 heavy (non-hydrogen) atoms. The Labute approximate surface area is 197 Å². The second-order valence-corrected chi connectivity index (χ2v) is 8.03. The van der Waals surface area contributed by atoms with Gasteiger partial charge >= 0.3 is 5.97 Å². The summed E-state index contributed by atoms with van der Waals surface area (Å²) in [6.07, 6.45) is 1.57. The van der Waals surface area contributed by atoms with Crippen molar-refractivity contribution in [1.82, 2.24) is 4.90 Å². The van der Waals surface area contributed by atoms with Crippen molar-refractivity contribution in [2.24, 2.45) is 0 Å². The fraction of sp³-hybridized carbons (Fsp3) is 0.190. The number of phenols is 1. The molecule has 0 saturated carbocycles. The topological polar surface area (TPSA) is 79.3 Å². The van der Waals surface area contributed by atoms with Gasteiger partial charge < -0.3 is 19.5 Å². The molecule has 0 radical (unpaired) electrons. The number of carbonyl (C=O) groups is 2. The van der Waals surface area contributed by atoms with Gasteiger partial charge in [0.15, 0.2) is 16.6 Å². The summed E-state index contributed by atoms with van der Waals surface area (Å²) >= 11 is 14.7. The summed E-state index contributed by atoms with van der Waals surface area (Å²) in [5, 5.41) is 10.8. The van der Waals surface area contributed by atoms with E-state index in [1.165, 1.54) is 16.9 Å². The predicted octanol–water partition coefficient (Wildman–Crippen LogP) is 4.35. The standard InChI is InChI=1S/C21H18BrClN2O5S/c1-3-30-17-10-12(8-15(22)19(17)27)9-16-20(28)25(14-6-4-13(23)5-7-14)21(31)24(16)11-18(26)29-2/h4-10,27H,3,11H2,1-2H3/b16-9-. The lowest BCUT2D eigenvalue weighted by Crippen LogP contribution is -2.35. The zero-order valence-electron chi connectivity index (χ0n) is 16.6. The number of methoxy groups -OCH3 is 1. The molecule has 1 aliphatic heterocycles. The van der Waals surface area contributed by atoms with E-state index in [2.05, 4.69) is 15.9 Å². The Morgan fingerprint density at radius 2 is 1.97 bits per heavy atom. The molecule has 0 atom stereocenters. The fourth-order valence-corrected chi connectivity index (χ4v) is 3.88. The highest BCUT2D eigenvalue weighted by atomic mass is 79.9. The minimum Gasteiger partial charge on any atom is -0.503 e. The first-order chi connectivity index (χ1) is 14.8. The van der Waals surface area contributed by atoms with Gasteiger partial charge in [-0.15, -0.1) is 0 Å². The first-order valence-electron chi connectivity index (χ1n) is 9.12. The van der Waals surface area contributed by atoms with Crippen molar-refractivity contribution in [3.8, 4) is 11.5 Å². The normalized spacial score (nSPS) is 15.0. The maximum Gasteiger partial charge on any atom is 0.325 e. The van der Waals surface area contributed by atoms with Crippen LogP contribution in [0.1, 0.15) is 12.5 Å². The number of hydrogen-bond donors (Lipinski definition) is 1. The average Bonchev–Trinajstić information content (AvgIpc) is 2.96. The molecule has 1 amide bonds. The number of thiocarbonyl (C=S) groups is 1. The maximum absolute atomic E-state index is 13.3. The lowest BCUT2D eigenvalue weighted by Gasteiger charge is -2.19. The Kier molecular flexibility index (Phi) is 7.19. The van der Waals surface area contributed by atoms with Gasteiger partial charge in [0.05, 0.1) is 23.9 Å². The Morgan fingerprint density at radius 1 is 1.29 bits per heavy atom. The van der Waals surface area contributed by atoms with Crippen LogP contribution in [0.15, 0.2) is 46.6 Å². The molecule has 1 N–H and O–H groups in total. The Hall–Kier alpha value is -2.62. The van der Waals surface area contributed by atoms with Crippen LogP contribution in [-0.2, 0) is 14.3 Å². The Balaban J connectivity index is 2.09. The third kappa shape index (κ3) is 4.84. The van der Waals surface area contributed by atoms with Crippen LogP contribution in [-0.4, -0.2) is 47.3 Å². The SMILES string of the molecule is CCOc1cc(/C=C2/C(=O)N(c3ccc(Cl)cc3)C(=S)N2CC(=O)OC)cc(Br)c1O. The first kappa shape index (κ1) is 23.1. The predicted molar refractivity (Wildman–Crippen MR) is 125 cm³/mol. The van der Waals surface area contributed by atoms with Gasteiger partial charge in [0.25, 0.3) is 5.91 Å². The molecule has 162 valence electrons.